The lowest BCUT2D eigenvalue weighted by Gasteiger charge is -2.30. The molecule has 17 heteroatoms. The van der Waals surface area contributed by atoms with Crippen molar-refractivity contribution in [1.82, 2.24) is 40.5 Å². The number of aromatic nitrogens is 5. The summed E-state index contributed by atoms with van der Waals surface area (Å²) in [5.74, 6) is -2.67. The molecule has 5 rings (SSSR count). The van der Waals surface area contributed by atoms with Crippen LogP contribution in [-0.4, -0.2) is 103 Å². The normalized spacial score (nSPS) is 23.8. The van der Waals surface area contributed by atoms with E-state index in [2.05, 4.69) is 30.9 Å². The molecular formula is C38H48FN9O7. The Morgan fingerprint density at radius 2 is 2.04 bits per heavy atom. The summed E-state index contributed by atoms with van der Waals surface area (Å²) in [7, 11) is 0. The van der Waals surface area contributed by atoms with Crippen LogP contribution in [0.5, 0.6) is 0 Å². The third-order valence-corrected chi connectivity index (χ3v) is 9.21. The number of cyclic esters (lactones) is 1. The number of carbonyl (C=O) groups is 4. The minimum Gasteiger partial charge on any atom is -0.460 e. The Bertz CT molecular complexity index is 1900. The number of alkyl halides is 1. The zero-order chi connectivity index (χ0) is 39.5. The van der Waals surface area contributed by atoms with Gasteiger partial charge in [-0.1, -0.05) is 48.9 Å². The summed E-state index contributed by atoms with van der Waals surface area (Å²) in [6.07, 6.45) is 8.99. The number of rotatable bonds is 7. The van der Waals surface area contributed by atoms with E-state index in [9.17, 15) is 28.7 Å². The molecule has 2 bridgehead atoms. The fraction of sp³-hybridized carbons (Fsp3) is 0.474. The molecular weight excluding hydrogens is 713 g/mol. The first kappa shape index (κ1) is 40.5. The second-order valence-corrected chi connectivity index (χ2v) is 14.0. The lowest BCUT2D eigenvalue weighted by Crippen LogP contribution is -2.44. The average Bonchev–Trinajstić information content (AvgIpc) is 3.92. The molecule has 3 aromatic rings. The third kappa shape index (κ3) is 11.6. The molecule has 5 N–H and O–H groups in total. The van der Waals surface area contributed by atoms with Crippen molar-refractivity contribution in [3.63, 3.8) is 0 Å². The lowest BCUT2D eigenvalue weighted by molar-refractivity contribution is -0.159. The monoisotopic (exact) mass is 761 g/mol. The molecule has 5 heterocycles. The first-order valence-corrected chi connectivity index (χ1v) is 18.3. The maximum absolute atomic E-state index is 14.8. The fourth-order valence-corrected chi connectivity index (χ4v) is 6.51. The molecule has 0 saturated carbocycles. The predicted octanol–water partition coefficient (Wildman–Crippen LogP) is 2.73. The number of anilines is 1. The van der Waals surface area contributed by atoms with Gasteiger partial charge in [-0.05, 0) is 43.9 Å². The maximum atomic E-state index is 14.8. The summed E-state index contributed by atoms with van der Waals surface area (Å²) in [6.45, 7) is 6.37. The minimum atomic E-state index is -1.50. The van der Waals surface area contributed by atoms with Crippen LogP contribution in [0.4, 0.5) is 10.2 Å². The molecule has 3 aromatic heterocycles. The topological polar surface area (TPSA) is 221 Å². The number of oxazole rings is 1. The summed E-state index contributed by atoms with van der Waals surface area (Å²) in [6, 6.07) is 2.51. The number of fused-ring (bicyclic) bond motifs is 3. The summed E-state index contributed by atoms with van der Waals surface area (Å²) in [4.78, 5) is 63.0. The van der Waals surface area contributed by atoms with Gasteiger partial charge in [0.1, 0.15) is 36.1 Å². The number of carbonyl (C=O) groups excluding carboxylic acids is 4. The van der Waals surface area contributed by atoms with E-state index in [1.54, 1.807) is 54.4 Å². The Labute approximate surface area is 318 Å². The number of hydrogen-bond donors (Lipinski definition) is 4. The number of esters is 1. The van der Waals surface area contributed by atoms with Crippen molar-refractivity contribution in [3.05, 3.63) is 78.3 Å². The average molecular weight is 762 g/mol. The molecule has 1 fully saturated rings. The molecule has 2 aliphatic heterocycles. The van der Waals surface area contributed by atoms with E-state index in [0.29, 0.717) is 36.5 Å². The molecule has 55 heavy (non-hydrogen) atoms. The van der Waals surface area contributed by atoms with Gasteiger partial charge in [0, 0.05) is 50.2 Å². The molecule has 3 amide bonds. The van der Waals surface area contributed by atoms with Crippen LogP contribution < -0.4 is 16.4 Å². The number of aliphatic hydroxyl groups excluding tert-OH is 1. The second-order valence-electron chi connectivity index (χ2n) is 14.0. The number of halogens is 1. The SMILES string of the molecule is CC1=C[C@@H](O)C[C@@H](F)Cc2nc(co2)C(=O)N2CCC[C@@H]2C(=O)O[C@H](C(C)C)[C@H](CC(=O)NCCn2cc(-c3ccnc(N)c3)nn2)/C=C/C(=O)NCC=C1. The van der Waals surface area contributed by atoms with Crippen molar-refractivity contribution in [1.29, 1.82) is 0 Å². The number of pyridine rings is 1. The molecule has 0 unspecified atom stereocenters. The van der Waals surface area contributed by atoms with Crippen molar-refractivity contribution >= 4 is 29.5 Å². The first-order chi connectivity index (χ1) is 26.4. The highest BCUT2D eigenvalue weighted by Crippen LogP contribution is 2.27. The van der Waals surface area contributed by atoms with Crippen LogP contribution in [0.3, 0.4) is 0 Å². The van der Waals surface area contributed by atoms with Crippen molar-refractivity contribution in [2.45, 2.75) is 83.8 Å². The van der Waals surface area contributed by atoms with Crippen LogP contribution in [0.2, 0.25) is 0 Å². The molecule has 1 saturated heterocycles. The van der Waals surface area contributed by atoms with Crippen molar-refractivity contribution in [2.24, 2.45) is 11.8 Å². The molecule has 2 aliphatic rings. The van der Waals surface area contributed by atoms with Gasteiger partial charge in [-0.15, -0.1) is 5.10 Å². The smallest absolute Gasteiger partial charge is 0.329 e. The van der Waals surface area contributed by atoms with Crippen LogP contribution in [0.25, 0.3) is 11.3 Å². The number of amides is 3. The number of allylic oxidation sites excluding steroid dienone is 2. The first-order valence-electron chi connectivity index (χ1n) is 18.3. The summed E-state index contributed by atoms with van der Waals surface area (Å²) in [5, 5.41) is 24.3. The van der Waals surface area contributed by atoms with E-state index in [4.69, 9.17) is 14.9 Å². The van der Waals surface area contributed by atoms with E-state index in [1.807, 2.05) is 13.8 Å². The third-order valence-electron chi connectivity index (χ3n) is 9.21. The predicted molar refractivity (Wildman–Crippen MR) is 198 cm³/mol. The van der Waals surface area contributed by atoms with Crippen LogP contribution in [0.15, 0.2) is 71.2 Å². The number of nitrogens with zero attached hydrogens (tertiary/aromatic N) is 6. The highest BCUT2D eigenvalue weighted by atomic mass is 19.1. The van der Waals surface area contributed by atoms with Gasteiger partial charge in [0.05, 0.1) is 25.3 Å². The number of ether oxygens (including phenoxy) is 1. The molecule has 0 aliphatic carbocycles. The van der Waals surface area contributed by atoms with E-state index in [0.717, 1.165) is 11.8 Å². The summed E-state index contributed by atoms with van der Waals surface area (Å²) < 4.78 is 27.9. The van der Waals surface area contributed by atoms with Crippen molar-refractivity contribution in [3.8, 4) is 11.3 Å². The zero-order valence-corrected chi connectivity index (χ0v) is 31.1. The standard InChI is InChI=1S/C38H48FN9O7/c1-23(2)36-26(18-34(51)43-13-15-47-21-29(45-46-47)25-10-12-41-32(40)17-25)8-9-33(50)42-11-4-6-24(3)16-28(49)19-27(39)20-35-44-30(22-54-35)37(52)48-14-5-7-31(48)38(53)55-36/h4,6,8-10,12,16-17,21-23,26-28,31,36,49H,5,7,11,13-15,18-20H2,1-3H3,(H2,40,41)(H,42,50)(H,43,51)/b6-4?,9-8+,24-16?/t26-,27+,28+,31+,36+/m0/s1. The van der Waals surface area contributed by atoms with Crippen LogP contribution in [0, 0.1) is 11.8 Å². The lowest BCUT2D eigenvalue weighted by atomic mass is 9.89. The van der Waals surface area contributed by atoms with E-state index >= 15 is 0 Å². The highest BCUT2D eigenvalue weighted by Gasteiger charge is 2.39. The molecule has 0 radical (unpaired) electrons. The van der Waals surface area contributed by atoms with Gasteiger partial charge in [0.15, 0.2) is 11.6 Å². The number of nitrogens with two attached hydrogens (primary N) is 1. The molecule has 294 valence electrons. The minimum absolute atomic E-state index is 0.00881. The number of nitrogens with one attached hydrogen (secondary N) is 2. The van der Waals surface area contributed by atoms with E-state index < -0.39 is 48.1 Å². The van der Waals surface area contributed by atoms with E-state index in [1.165, 1.54) is 17.1 Å². The Balaban J connectivity index is 1.32. The van der Waals surface area contributed by atoms with Gasteiger partial charge >= 0.3 is 5.97 Å². The number of hydrogen-bond acceptors (Lipinski definition) is 12. The molecule has 16 nitrogen and oxygen atoms in total. The number of nitrogen functional groups attached to an aromatic ring is 1. The Kier molecular flexibility index (Phi) is 14.0. The Hall–Kier alpha value is -5.71. The van der Waals surface area contributed by atoms with Crippen molar-refractivity contribution < 1.29 is 37.8 Å². The van der Waals surface area contributed by atoms with Crippen molar-refractivity contribution in [2.75, 3.05) is 25.4 Å². The van der Waals surface area contributed by atoms with Crippen LogP contribution in [-0.2, 0) is 32.1 Å². The van der Waals surface area contributed by atoms with Crippen LogP contribution >= 0.6 is 0 Å². The largest absolute Gasteiger partial charge is 0.460 e. The quantitative estimate of drug-likeness (QED) is 0.256. The van der Waals surface area contributed by atoms with Crippen LogP contribution in [0.1, 0.15) is 62.8 Å². The molecule has 0 aromatic carbocycles. The van der Waals surface area contributed by atoms with Gasteiger partial charge in [-0.3, -0.25) is 19.1 Å². The van der Waals surface area contributed by atoms with Gasteiger partial charge in [0.25, 0.3) is 5.91 Å². The van der Waals surface area contributed by atoms with Gasteiger partial charge in [-0.25, -0.2) is 19.2 Å². The number of aliphatic hydroxyl groups is 1. The van der Waals surface area contributed by atoms with Gasteiger partial charge in [-0.2, -0.15) is 0 Å². The molecule has 5 atom stereocenters. The van der Waals surface area contributed by atoms with Gasteiger partial charge in [0.2, 0.25) is 11.8 Å². The van der Waals surface area contributed by atoms with E-state index in [-0.39, 0.29) is 62.3 Å². The Morgan fingerprint density at radius 3 is 2.82 bits per heavy atom. The van der Waals surface area contributed by atoms with Gasteiger partial charge < -0.3 is 35.5 Å². The fourth-order valence-electron chi connectivity index (χ4n) is 6.51. The molecule has 0 spiro atoms. The summed E-state index contributed by atoms with van der Waals surface area (Å²) >= 11 is 0. The maximum Gasteiger partial charge on any atom is 0.329 e. The second kappa shape index (κ2) is 19.1. The highest BCUT2D eigenvalue weighted by molar-refractivity contribution is 5.95. The zero-order valence-electron chi connectivity index (χ0n) is 31.1. The Morgan fingerprint density at radius 1 is 1.22 bits per heavy atom. The summed E-state index contributed by atoms with van der Waals surface area (Å²) in [5.41, 5.74) is 7.71.